The molecule has 0 saturated heterocycles. The quantitative estimate of drug-likeness (QED) is 0.897. The molecule has 0 saturated carbocycles. The van der Waals surface area contributed by atoms with E-state index in [1.54, 1.807) is 12.1 Å². The molecule has 0 amide bonds. The molecule has 2 N–H and O–H groups in total. The van der Waals surface area contributed by atoms with Crippen molar-refractivity contribution in [3.63, 3.8) is 0 Å². The van der Waals surface area contributed by atoms with Crippen LogP contribution in [0.25, 0.3) is 0 Å². The summed E-state index contributed by atoms with van der Waals surface area (Å²) >= 11 is 0. The van der Waals surface area contributed by atoms with E-state index in [-0.39, 0.29) is 11.3 Å². The zero-order valence-electron chi connectivity index (χ0n) is 11.1. The molecule has 21 heavy (non-hydrogen) atoms. The lowest BCUT2D eigenvalue weighted by Crippen LogP contribution is -2.39. The fraction of sp³-hybridized carbons (Fsp3) is 0.308. The van der Waals surface area contributed by atoms with Crippen molar-refractivity contribution in [3.05, 3.63) is 41.3 Å². The number of allylic oxidation sites excluding steroid dienone is 1. The number of alkyl halides is 3. The summed E-state index contributed by atoms with van der Waals surface area (Å²) in [5, 5.41) is 11.0. The van der Waals surface area contributed by atoms with Gasteiger partial charge in [-0.25, -0.2) is 4.79 Å². The number of methoxy groups -OCH3 is 1. The van der Waals surface area contributed by atoms with Crippen molar-refractivity contribution in [2.24, 2.45) is 0 Å². The molecule has 0 fully saturated rings. The first-order chi connectivity index (χ1) is 9.69. The van der Waals surface area contributed by atoms with E-state index in [4.69, 9.17) is 14.6 Å². The zero-order chi connectivity index (χ0) is 15.8. The Morgan fingerprint density at radius 1 is 1.38 bits per heavy atom. The van der Waals surface area contributed by atoms with E-state index in [0.29, 0.717) is 0 Å². The van der Waals surface area contributed by atoms with Crippen molar-refractivity contribution in [1.82, 2.24) is 5.32 Å². The average molecular weight is 303 g/mol. The highest BCUT2D eigenvalue weighted by Crippen LogP contribution is 2.42. The molecule has 1 aromatic carbocycles. The van der Waals surface area contributed by atoms with Crippen LogP contribution in [0.5, 0.6) is 5.75 Å². The SMILES string of the molecule is COc1ccccc1C1(C)NC(C(F)(F)F)=C(C(=O)O)O1. The Morgan fingerprint density at radius 3 is 2.48 bits per heavy atom. The van der Waals surface area contributed by atoms with E-state index in [9.17, 15) is 18.0 Å². The van der Waals surface area contributed by atoms with Gasteiger partial charge in [0.05, 0.1) is 12.7 Å². The number of rotatable bonds is 3. The fourth-order valence-electron chi connectivity index (χ4n) is 2.09. The van der Waals surface area contributed by atoms with E-state index >= 15 is 0 Å². The summed E-state index contributed by atoms with van der Waals surface area (Å²) in [5.74, 6) is -2.69. The predicted octanol–water partition coefficient (Wildman–Crippen LogP) is 2.35. The fourth-order valence-corrected chi connectivity index (χ4v) is 2.09. The Morgan fingerprint density at radius 2 is 2.00 bits per heavy atom. The van der Waals surface area contributed by atoms with Gasteiger partial charge in [-0.2, -0.15) is 13.2 Å². The minimum Gasteiger partial charge on any atom is -0.496 e. The third-order valence-corrected chi connectivity index (χ3v) is 3.00. The van der Waals surface area contributed by atoms with Gasteiger partial charge in [0.1, 0.15) is 5.75 Å². The first-order valence-corrected chi connectivity index (χ1v) is 5.84. The van der Waals surface area contributed by atoms with Crippen molar-refractivity contribution in [2.75, 3.05) is 7.11 Å². The number of benzene rings is 1. The normalized spacial score (nSPS) is 21.8. The third-order valence-electron chi connectivity index (χ3n) is 3.00. The molecular weight excluding hydrogens is 291 g/mol. The molecule has 1 unspecified atom stereocenters. The van der Waals surface area contributed by atoms with Gasteiger partial charge >= 0.3 is 12.1 Å². The summed E-state index contributed by atoms with van der Waals surface area (Å²) in [6, 6.07) is 6.25. The van der Waals surface area contributed by atoms with Gasteiger partial charge < -0.3 is 19.9 Å². The van der Waals surface area contributed by atoms with Crippen LogP contribution in [0.15, 0.2) is 35.7 Å². The van der Waals surface area contributed by atoms with Gasteiger partial charge in [0.25, 0.3) is 0 Å². The van der Waals surface area contributed by atoms with Crippen LogP contribution in [-0.2, 0) is 15.3 Å². The van der Waals surface area contributed by atoms with E-state index in [0.717, 1.165) is 0 Å². The average Bonchev–Trinajstić information content (AvgIpc) is 2.78. The Labute approximate surface area is 118 Å². The van der Waals surface area contributed by atoms with Crippen molar-refractivity contribution >= 4 is 5.97 Å². The maximum Gasteiger partial charge on any atom is 0.435 e. The number of nitrogens with one attached hydrogen (secondary N) is 1. The van der Waals surface area contributed by atoms with Crippen LogP contribution in [0, 0.1) is 0 Å². The summed E-state index contributed by atoms with van der Waals surface area (Å²) in [6.45, 7) is 1.30. The number of carboxylic acids is 1. The number of ether oxygens (including phenoxy) is 2. The van der Waals surface area contributed by atoms with Gasteiger partial charge in [-0.1, -0.05) is 12.1 Å². The number of para-hydroxylation sites is 1. The zero-order valence-corrected chi connectivity index (χ0v) is 11.1. The van der Waals surface area contributed by atoms with E-state index in [2.05, 4.69) is 5.32 Å². The Bertz CT molecular complexity index is 612. The number of carboxylic acid groups (broad SMARTS) is 1. The molecule has 0 aliphatic carbocycles. The van der Waals surface area contributed by atoms with Gasteiger partial charge in [-0.3, -0.25) is 0 Å². The predicted molar refractivity (Wildman–Crippen MR) is 65.3 cm³/mol. The van der Waals surface area contributed by atoms with E-state index in [1.165, 1.54) is 26.2 Å². The number of aliphatic carboxylic acids is 1. The molecule has 1 atom stereocenters. The molecule has 0 aromatic heterocycles. The summed E-state index contributed by atoms with van der Waals surface area (Å²) in [4.78, 5) is 11.0. The molecule has 1 aliphatic heterocycles. The summed E-state index contributed by atoms with van der Waals surface area (Å²) in [7, 11) is 1.35. The molecule has 114 valence electrons. The maximum absolute atomic E-state index is 12.9. The topological polar surface area (TPSA) is 67.8 Å². The molecule has 8 heteroatoms. The van der Waals surface area contributed by atoms with Crippen LogP contribution in [0.4, 0.5) is 13.2 Å². The number of hydrogen-bond donors (Lipinski definition) is 2. The molecular formula is C13H12F3NO4. The largest absolute Gasteiger partial charge is 0.496 e. The van der Waals surface area contributed by atoms with Crippen LogP contribution < -0.4 is 10.1 Å². The summed E-state index contributed by atoms with van der Waals surface area (Å²) < 4.78 is 48.9. The van der Waals surface area contributed by atoms with Crippen molar-refractivity contribution < 1.29 is 32.5 Å². The number of hydrogen-bond acceptors (Lipinski definition) is 4. The second-order valence-corrected chi connectivity index (χ2v) is 4.47. The van der Waals surface area contributed by atoms with Gasteiger partial charge in [-0.05, 0) is 19.1 Å². The number of carbonyl (C=O) groups is 1. The summed E-state index contributed by atoms with van der Waals surface area (Å²) in [6.07, 6.45) is -4.87. The molecule has 1 aliphatic rings. The molecule has 2 rings (SSSR count). The molecule has 1 heterocycles. The van der Waals surface area contributed by atoms with E-state index < -0.39 is 29.3 Å². The second kappa shape index (κ2) is 4.87. The minimum absolute atomic E-state index is 0.255. The van der Waals surface area contributed by atoms with E-state index in [1.807, 2.05) is 0 Å². The lowest BCUT2D eigenvalue weighted by Gasteiger charge is -2.27. The van der Waals surface area contributed by atoms with Gasteiger partial charge in [0.2, 0.25) is 11.5 Å². The van der Waals surface area contributed by atoms with Crippen LogP contribution in [0.1, 0.15) is 12.5 Å². The van der Waals surface area contributed by atoms with Crippen LogP contribution in [-0.4, -0.2) is 24.4 Å². The molecule has 0 radical (unpaired) electrons. The first-order valence-electron chi connectivity index (χ1n) is 5.84. The lowest BCUT2D eigenvalue weighted by molar-refractivity contribution is -0.139. The van der Waals surface area contributed by atoms with Crippen LogP contribution in [0.2, 0.25) is 0 Å². The summed E-state index contributed by atoms with van der Waals surface area (Å²) in [5.41, 5.74) is -2.86. The molecule has 0 bridgehead atoms. The van der Waals surface area contributed by atoms with Crippen molar-refractivity contribution in [2.45, 2.75) is 18.8 Å². The number of halogens is 3. The first kappa shape index (κ1) is 15.0. The smallest absolute Gasteiger partial charge is 0.435 e. The van der Waals surface area contributed by atoms with Crippen LogP contribution >= 0.6 is 0 Å². The minimum atomic E-state index is -4.87. The molecule has 1 aromatic rings. The van der Waals surface area contributed by atoms with Crippen molar-refractivity contribution in [1.29, 1.82) is 0 Å². The lowest BCUT2D eigenvalue weighted by atomic mass is 10.0. The van der Waals surface area contributed by atoms with Gasteiger partial charge in [0, 0.05) is 0 Å². The Hall–Kier alpha value is -2.38. The Balaban J connectivity index is 2.48. The second-order valence-electron chi connectivity index (χ2n) is 4.47. The highest BCUT2D eigenvalue weighted by atomic mass is 19.4. The maximum atomic E-state index is 12.9. The van der Waals surface area contributed by atoms with Crippen LogP contribution in [0.3, 0.4) is 0 Å². The Kier molecular flexibility index (Phi) is 3.48. The molecule has 0 spiro atoms. The standard InChI is InChI=1S/C13H12F3NO4/c1-12(7-5-3-4-6-8(7)20-2)17-10(13(14,15)16)9(21-12)11(18)19/h3-6,17H,1-2H3,(H,18,19). The van der Waals surface area contributed by atoms with Gasteiger partial charge in [0.15, 0.2) is 5.70 Å². The monoisotopic (exact) mass is 303 g/mol. The third kappa shape index (κ3) is 2.61. The molecule has 5 nitrogen and oxygen atoms in total. The highest BCUT2D eigenvalue weighted by Gasteiger charge is 2.51. The van der Waals surface area contributed by atoms with Gasteiger partial charge in [-0.15, -0.1) is 0 Å². The highest BCUT2D eigenvalue weighted by molar-refractivity contribution is 5.86. The van der Waals surface area contributed by atoms with Crippen molar-refractivity contribution in [3.8, 4) is 5.75 Å².